The molecule has 0 radical (unpaired) electrons. The lowest BCUT2D eigenvalue weighted by molar-refractivity contribution is 0.0732. The first kappa shape index (κ1) is 24.2. The molecule has 8 nitrogen and oxygen atoms in total. The van der Waals surface area contributed by atoms with E-state index < -0.39 is 6.09 Å². The number of carbonyl (C=O) groups is 2. The Labute approximate surface area is 221 Å². The summed E-state index contributed by atoms with van der Waals surface area (Å²) in [6, 6.07) is 9.92. The lowest BCUT2D eigenvalue weighted by Crippen LogP contribution is -2.37. The van der Waals surface area contributed by atoms with E-state index in [2.05, 4.69) is 40.1 Å². The van der Waals surface area contributed by atoms with E-state index in [4.69, 9.17) is 0 Å². The van der Waals surface area contributed by atoms with Gasteiger partial charge in [-0.25, -0.2) is 9.78 Å². The van der Waals surface area contributed by atoms with Crippen molar-refractivity contribution < 1.29 is 14.7 Å². The summed E-state index contributed by atoms with van der Waals surface area (Å²) in [7, 11) is 0. The van der Waals surface area contributed by atoms with Crippen molar-refractivity contribution >= 4 is 23.0 Å². The summed E-state index contributed by atoms with van der Waals surface area (Å²) in [6.45, 7) is 7.45. The predicted octanol–water partition coefficient (Wildman–Crippen LogP) is 5.56. The van der Waals surface area contributed by atoms with Crippen molar-refractivity contribution in [1.82, 2.24) is 24.8 Å². The van der Waals surface area contributed by atoms with Crippen molar-refractivity contribution in [3.8, 4) is 11.1 Å². The molecule has 0 aliphatic carbocycles. The van der Waals surface area contributed by atoms with Crippen LogP contribution in [0, 0.1) is 20.8 Å². The van der Waals surface area contributed by atoms with Crippen LogP contribution in [0.1, 0.15) is 62.9 Å². The van der Waals surface area contributed by atoms with Crippen LogP contribution in [0.4, 0.5) is 4.79 Å². The van der Waals surface area contributed by atoms with E-state index in [1.807, 2.05) is 43.3 Å². The second kappa shape index (κ2) is 9.28. The van der Waals surface area contributed by atoms with Gasteiger partial charge in [-0.2, -0.15) is 0 Å². The van der Waals surface area contributed by atoms with Gasteiger partial charge in [0.05, 0.1) is 6.04 Å². The molecule has 1 fully saturated rings. The molecule has 4 aromatic rings. The Morgan fingerprint density at radius 1 is 1.03 bits per heavy atom. The van der Waals surface area contributed by atoms with Gasteiger partial charge < -0.3 is 19.9 Å². The molecule has 0 bridgehead atoms. The SMILES string of the molecule is Cc1cc(C(=O)N2CCc3cc(-c4cnc5[nH]cc(C)c5c4)cc([C@@H]4CCCN4C(=O)O)c3C2)cc(C)n1. The van der Waals surface area contributed by atoms with Gasteiger partial charge in [-0.05, 0) is 92.1 Å². The molecule has 2 aliphatic rings. The molecule has 1 atom stereocenters. The van der Waals surface area contributed by atoms with Crippen LogP contribution in [0.25, 0.3) is 22.2 Å². The van der Waals surface area contributed by atoms with Gasteiger partial charge in [0, 0.05) is 59.9 Å². The Morgan fingerprint density at radius 3 is 2.58 bits per heavy atom. The van der Waals surface area contributed by atoms with Gasteiger partial charge in [0.15, 0.2) is 0 Å². The van der Waals surface area contributed by atoms with Gasteiger partial charge in [0.1, 0.15) is 5.65 Å². The van der Waals surface area contributed by atoms with Gasteiger partial charge in [-0.15, -0.1) is 0 Å². The fourth-order valence-corrected chi connectivity index (χ4v) is 6.09. The number of aromatic nitrogens is 3. The van der Waals surface area contributed by atoms with E-state index in [1.54, 1.807) is 4.90 Å². The van der Waals surface area contributed by atoms with Crippen molar-refractivity contribution in [3.63, 3.8) is 0 Å². The average molecular weight is 510 g/mol. The van der Waals surface area contributed by atoms with Crippen LogP contribution in [0.3, 0.4) is 0 Å². The number of aryl methyl sites for hydroxylation is 3. The molecular weight excluding hydrogens is 478 g/mol. The van der Waals surface area contributed by atoms with E-state index in [1.165, 1.54) is 5.56 Å². The van der Waals surface area contributed by atoms with E-state index >= 15 is 0 Å². The largest absolute Gasteiger partial charge is 0.465 e. The number of carbonyl (C=O) groups excluding carboxylic acids is 1. The van der Waals surface area contributed by atoms with Crippen LogP contribution in [-0.4, -0.2) is 54.9 Å². The molecule has 2 N–H and O–H groups in total. The highest BCUT2D eigenvalue weighted by molar-refractivity contribution is 5.94. The molecule has 2 aliphatic heterocycles. The number of H-pyrrole nitrogens is 1. The zero-order valence-corrected chi connectivity index (χ0v) is 21.9. The number of hydrogen-bond acceptors (Lipinski definition) is 4. The lowest BCUT2D eigenvalue weighted by Gasteiger charge is -2.34. The molecule has 3 aromatic heterocycles. The van der Waals surface area contributed by atoms with Crippen molar-refractivity contribution in [2.45, 2.75) is 52.6 Å². The highest BCUT2D eigenvalue weighted by Crippen LogP contribution is 2.40. The number of benzene rings is 1. The summed E-state index contributed by atoms with van der Waals surface area (Å²) in [4.78, 5) is 41.3. The lowest BCUT2D eigenvalue weighted by atomic mass is 9.86. The van der Waals surface area contributed by atoms with Gasteiger partial charge in [0.25, 0.3) is 5.91 Å². The van der Waals surface area contributed by atoms with Crippen molar-refractivity contribution in [1.29, 1.82) is 0 Å². The topological polar surface area (TPSA) is 102 Å². The molecule has 1 saturated heterocycles. The minimum absolute atomic E-state index is 0.0154. The van der Waals surface area contributed by atoms with Crippen LogP contribution in [0.2, 0.25) is 0 Å². The Morgan fingerprint density at radius 2 is 1.82 bits per heavy atom. The zero-order valence-electron chi connectivity index (χ0n) is 21.9. The molecular formula is C30H31N5O3. The summed E-state index contributed by atoms with van der Waals surface area (Å²) in [5, 5.41) is 11.0. The first-order valence-electron chi connectivity index (χ1n) is 13.1. The number of fused-ring (bicyclic) bond motifs is 2. The first-order valence-corrected chi connectivity index (χ1v) is 13.1. The minimum atomic E-state index is -0.899. The highest BCUT2D eigenvalue weighted by atomic mass is 16.4. The number of aromatic amines is 1. The predicted molar refractivity (Wildman–Crippen MR) is 145 cm³/mol. The van der Waals surface area contributed by atoms with Crippen LogP contribution in [0.15, 0.2) is 42.7 Å². The Kier molecular flexibility index (Phi) is 5.90. The molecule has 38 heavy (non-hydrogen) atoms. The molecule has 6 rings (SSSR count). The fraction of sp³-hybridized carbons (Fsp3) is 0.333. The number of likely N-dealkylation sites (tertiary alicyclic amines) is 1. The number of pyridine rings is 2. The molecule has 5 heterocycles. The molecule has 2 amide bonds. The van der Waals surface area contributed by atoms with Crippen LogP contribution < -0.4 is 0 Å². The summed E-state index contributed by atoms with van der Waals surface area (Å²) >= 11 is 0. The van der Waals surface area contributed by atoms with Crippen molar-refractivity contribution in [3.05, 3.63) is 81.9 Å². The number of carboxylic acid groups (broad SMARTS) is 1. The third-order valence-corrected chi connectivity index (χ3v) is 7.92. The van der Waals surface area contributed by atoms with Crippen molar-refractivity contribution in [2.24, 2.45) is 0 Å². The highest BCUT2D eigenvalue weighted by Gasteiger charge is 2.34. The first-order chi connectivity index (χ1) is 18.3. The maximum absolute atomic E-state index is 13.5. The molecule has 8 heteroatoms. The van der Waals surface area contributed by atoms with Crippen LogP contribution in [-0.2, 0) is 13.0 Å². The van der Waals surface area contributed by atoms with Crippen LogP contribution >= 0.6 is 0 Å². The summed E-state index contributed by atoms with van der Waals surface area (Å²) in [5.74, 6) is -0.0154. The van der Waals surface area contributed by atoms with Gasteiger partial charge in [-0.3, -0.25) is 9.78 Å². The summed E-state index contributed by atoms with van der Waals surface area (Å²) in [6.07, 6.45) is 5.24. The molecule has 0 unspecified atom stereocenters. The maximum atomic E-state index is 13.5. The number of nitrogens with one attached hydrogen (secondary N) is 1. The Hall–Kier alpha value is -4.20. The van der Waals surface area contributed by atoms with Gasteiger partial charge in [0.2, 0.25) is 0 Å². The normalized spacial score (nSPS) is 17.2. The number of nitrogens with zero attached hydrogens (tertiary/aromatic N) is 4. The molecule has 194 valence electrons. The maximum Gasteiger partial charge on any atom is 0.407 e. The van der Waals surface area contributed by atoms with E-state index in [0.717, 1.165) is 63.1 Å². The minimum Gasteiger partial charge on any atom is -0.465 e. The van der Waals surface area contributed by atoms with E-state index in [0.29, 0.717) is 31.6 Å². The van der Waals surface area contributed by atoms with Crippen LogP contribution in [0.5, 0.6) is 0 Å². The third kappa shape index (κ3) is 4.20. The number of hydrogen-bond donors (Lipinski definition) is 2. The molecule has 0 saturated carbocycles. The standard InChI is InChI=1S/C30H31N5O3/c1-17-14-31-28-24(17)13-23(15-32-28)21-11-20-6-8-34(29(36)22-9-18(2)33-19(3)10-22)16-26(20)25(12-21)27-5-4-7-35(27)30(37)38/h9-15,27H,4-8,16H2,1-3H3,(H,31,32)(H,37,38)/t27-/m0/s1. The van der Waals surface area contributed by atoms with Gasteiger partial charge in [-0.1, -0.05) is 6.07 Å². The Balaban J connectivity index is 1.43. The molecule has 1 aromatic carbocycles. The summed E-state index contributed by atoms with van der Waals surface area (Å²) < 4.78 is 0. The third-order valence-electron chi connectivity index (χ3n) is 7.92. The monoisotopic (exact) mass is 509 g/mol. The number of amides is 2. The van der Waals surface area contributed by atoms with E-state index in [-0.39, 0.29) is 11.9 Å². The summed E-state index contributed by atoms with van der Waals surface area (Å²) in [5.41, 5.74) is 9.56. The quantitative estimate of drug-likeness (QED) is 0.376. The second-order valence-electron chi connectivity index (χ2n) is 10.5. The number of rotatable bonds is 3. The molecule has 0 spiro atoms. The fourth-order valence-electron chi connectivity index (χ4n) is 6.09. The van der Waals surface area contributed by atoms with E-state index in [9.17, 15) is 14.7 Å². The zero-order chi connectivity index (χ0) is 26.6. The smallest absolute Gasteiger partial charge is 0.407 e. The van der Waals surface area contributed by atoms with Gasteiger partial charge >= 0.3 is 6.09 Å². The average Bonchev–Trinajstić information content (AvgIpc) is 3.54. The van der Waals surface area contributed by atoms with Crippen molar-refractivity contribution in [2.75, 3.05) is 13.1 Å². The second-order valence-corrected chi connectivity index (χ2v) is 10.5. The Bertz CT molecular complexity index is 1570.